The van der Waals surface area contributed by atoms with Crippen molar-refractivity contribution in [1.29, 1.82) is 0 Å². The molecule has 0 aliphatic carbocycles. The number of halogens is 1. The molecule has 0 bridgehead atoms. The molecule has 18 heavy (non-hydrogen) atoms. The van der Waals surface area contributed by atoms with Crippen LogP contribution in [0.5, 0.6) is 5.75 Å². The van der Waals surface area contributed by atoms with E-state index in [9.17, 15) is 4.79 Å². The standard InChI is InChI=1S/C13H13ClN2O2/c1-16-7-11(15-8-16)12(17)6-9-5-10(14)3-4-13(9)18-2/h3-5,7-8H,6H2,1-2H3. The predicted molar refractivity (Wildman–Crippen MR) is 69.2 cm³/mol. The van der Waals surface area contributed by atoms with Crippen molar-refractivity contribution in [3.63, 3.8) is 0 Å². The maximum Gasteiger partial charge on any atom is 0.187 e. The van der Waals surface area contributed by atoms with E-state index in [4.69, 9.17) is 16.3 Å². The zero-order chi connectivity index (χ0) is 13.1. The van der Waals surface area contributed by atoms with Crippen molar-refractivity contribution in [2.24, 2.45) is 7.05 Å². The zero-order valence-electron chi connectivity index (χ0n) is 10.2. The fourth-order valence-electron chi connectivity index (χ4n) is 1.71. The van der Waals surface area contributed by atoms with Crippen molar-refractivity contribution in [2.45, 2.75) is 6.42 Å². The molecule has 0 unspecified atom stereocenters. The summed E-state index contributed by atoms with van der Waals surface area (Å²) in [6.07, 6.45) is 3.52. The van der Waals surface area contributed by atoms with Gasteiger partial charge >= 0.3 is 0 Å². The summed E-state index contributed by atoms with van der Waals surface area (Å²) in [6.45, 7) is 0. The van der Waals surface area contributed by atoms with Gasteiger partial charge in [-0.3, -0.25) is 4.79 Å². The van der Waals surface area contributed by atoms with Crippen molar-refractivity contribution in [3.8, 4) is 5.75 Å². The summed E-state index contributed by atoms with van der Waals surface area (Å²) in [5.74, 6) is 0.597. The maximum atomic E-state index is 12.0. The number of Topliss-reactive ketones (excluding diaryl/α,β-unsaturated/α-hetero) is 1. The third-order valence-corrected chi connectivity index (χ3v) is 2.82. The number of carbonyl (C=O) groups is 1. The van der Waals surface area contributed by atoms with Crippen LogP contribution in [0.4, 0.5) is 0 Å². The molecule has 1 heterocycles. The lowest BCUT2D eigenvalue weighted by Gasteiger charge is -2.07. The molecule has 0 saturated carbocycles. The van der Waals surface area contributed by atoms with Crippen LogP contribution in [0.2, 0.25) is 5.02 Å². The van der Waals surface area contributed by atoms with Gasteiger partial charge in [0.1, 0.15) is 11.4 Å². The summed E-state index contributed by atoms with van der Waals surface area (Å²) in [7, 11) is 3.39. The van der Waals surface area contributed by atoms with E-state index in [-0.39, 0.29) is 12.2 Å². The lowest BCUT2D eigenvalue weighted by Crippen LogP contribution is -2.05. The third kappa shape index (κ3) is 2.71. The van der Waals surface area contributed by atoms with Crippen LogP contribution in [-0.2, 0) is 13.5 Å². The average molecular weight is 265 g/mol. The number of nitrogens with zero attached hydrogens (tertiary/aromatic N) is 2. The minimum Gasteiger partial charge on any atom is -0.496 e. The Hall–Kier alpha value is -1.81. The van der Waals surface area contributed by atoms with Crippen LogP contribution in [0, 0.1) is 0 Å². The van der Waals surface area contributed by atoms with E-state index in [1.165, 1.54) is 0 Å². The van der Waals surface area contributed by atoms with E-state index >= 15 is 0 Å². The number of hydrogen-bond acceptors (Lipinski definition) is 3. The van der Waals surface area contributed by atoms with Crippen LogP contribution >= 0.6 is 11.6 Å². The number of ether oxygens (including phenoxy) is 1. The van der Waals surface area contributed by atoms with Gasteiger partial charge in [0.25, 0.3) is 0 Å². The molecule has 2 aromatic rings. The minimum atomic E-state index is -0.0591. The number of rotatable bonds is 4. The number of hydrogen-bond donors (Lipinski definition) is 0. The van der Waals surface area contributed by atoms with E-state index in [0.717, 1.165) is 5.56 Å². The largest absolute Gasteiger partial charge is 0.496 e. The molecule has 0 aliphatic heterocycles. The van der Waals surface area contributed by atoms with E-state index in [0.29, 0.717) is 16.5 Å². The smallest absolute Gasteiger partial charge is 0.187 e. The first-order chi connectivity index (χ1) is 8.60. The third-order valence-electron chi connectivity index (χ3n) is 2.58. The first-order valence-electron chi connectivity index (χ1n) is 5.43. The first kappa shape index (κ1) is 12.6. The number of imidazole rings is 1. The number of aromatic nitrogens is 2. The zero-order valence-corrected chi connectivity index (χ0v) is 10.9. The SMILES string of the molecule is COc1ccc(Cl)cc1CC(=O)c1cn(C)cn1. The quantitative estimate of drug-likeness (QED) is 0.797. The maximum absolute atomic E-state index is 12.0. The molecule has 0 radical (unpaired) electrons. The van der Waals surface area contributed by atoms with E-state index in [1.54, 1.807) is 42.4 Å². The molecule has 0 amide bonds. The molecule has 2 rings (SSSR count). The molecule has 0 spiro atoms. The lowest BCUT2D eigenvalue weighted by atomic mass is 10.1. The topological polar surface area (TPSA) is 44.1 Å². The van der Waals surface area contributed by atoms with Crippen LogP contribution < -0.4 is 4.74 Å². The predicted octanol–water partition coefficient (Wildman–Crippen LogP) is 2.51. The average Bonchev–Trinajstić information content (AvgIpc) is 2.76. The Balaban J connectivity index is 2.23. The van der Waals surface area contributed by atoms with Gasteiger partial charge in [0.15, 0.2) is 5.78 Å². The Morgan fingerprint density at radius 2 is 2.28 bits per heavy atom. The van der Waals surface area contributed by atoms with Crippen molar-refractivity contribution in [1.82, 2.24) is 9.55 Å². The molecule has 0 fully saturated rings. The monoisotopic (exact) mass is 264 g/mol. The van der Waals surface area contributed by atoms with E-state index < -0.39 is 0 Å². The molecule has 0 atom stereocenters. The van der Waals surface area contributed by atoms with Gasteiger partial charge < -0.3 is 9.30 Å². The molecule has 1 aromatic carbocycles. The number of benzene rings is 1. The van der Waals surface area contributed by atoms with Crippen LogP contribution in [0.3, 0.4) is 0 Å². The highest BCUT2D eigenvalue weighted by molar-refractivity contribution is 6.30. The summed E-state index contributed by atoms with van der Waals surface area (Å²) in [4.78, 5) is 16.1. The second-order valence-electron chi connectivity index (χ2n) is 3.98. The number of carbonyl (C=O) groups excluding carboxylic acids is 1. The Morgan fingerprint density at radius 3 is 2.89 bits per heavy atom. The number of ketones is 1. The Labute approximate surface area is 110 Å². The second-order valence-corrected chi connectivity index (χ2v) is 4.42. The highest BCUT2D eigenvalue weighted by Gasteiger charge is 2.13. The molecule has 94 valence electrons. The van der Waals surface area contributed by atoms with Gasteiger partial charge in [-0.1, -0.05) is 11.6 Å². The molecule has 0 saturated heterocycles. The Bertz CT molecular complexity index is 578. The molecule has 0 aliphatic rings. The summed E-state index contributed by atoms with van der Waals surface area (Å²) in [5.41, 5.74) is 1.21. The second kappa shape index (κ2) is 5.23. The van der Waals surface area contributed by atoms with Gasteiger partial charge in [0, 0.05) is 30.3 Å². The molecular formula is C13H13ClN2O2. The van der Waals surface area contributed by atoms with Crippen molar-refractivity contribution in [3.05, 3.63) is 47.0 Å². The summed E-state index contributed by atoms with van der Waals surface area (Å²) in [6, 6.07) is 5.22. The summed E-state index contributed by atoms with van der Waals surface area (Å²) >= 11 is 5.92. The normalized spacial score (nSPS) is 10.4. The summed E-state index contributed by atoms with van der Waals surface area (Å²) in [5, 5.41) is 0.583. The lowest BCUT2D eigenvalue weighted by molar-refractivity contribution is 0.0987. The molecular weight excluding hydrogens is 252 g/mol. The van der Waals surface area contributed by atoms with Crippen molar-refractivity contribution in [2.75, 3.05) is 7.11 Å². The van der Waals surface area contributed by atoms with Crippen LogP contribution in [-0.4, -0.2) is 22.4 Å². The Kier molecular flexibility index (Phi) is 3.67. The van der Waals surface area contributed by atoms with E-state index in [1.807, 2.05) is 7.05 Å². The van der Waals surface area contributed by atoms with Gasteiger partial charge in [-0.2, -0.15) is 0 Å². The highest BCUT2D eigenvalue weighted by Crippen LogP contribution is 2.23. The minimum absolute atomic E-state index is 0.0591. The fraction of sp³-hybridized carbons (Fsp3) is 0.231. The fourth-order valence-corrected chi connectivity index (χ4v) is 1.90. The van der Waals surface area contributed by atoms with Crippen molar-refractivity contribution >= 4 is 17.4 Å². The number of methoxy groups -OCH3 is 1. The van der Waals surface area contributed by atoms with Crippen LogP contribution in [0.1, 0.15) is 16.1 Å². The Morgan fingerprint density at radius 1 is 1.50 bits per heavy atom. The van der Waals surface area contributed by atoms with Gasteiger partial charge in [0.2, 0.25) is 0 Å². The van der Waals surface area contributed by atoms with Gasteiger partial charge in [-0.15, -0.1) is 0 Å². The van der Waals surface area contributed by atoms with E-state index in [2.05, 4.69) is 4.98 Å². The van der Waals surface area contributed by atoms with Gasteiger partial charge in [-0.25, -0.2) is 4.98 Å². The van der Waals surface area contributed by atoms with Gasteiger partial charge in [0.05, 0.1) is 13.4 Å². The highest BCUT2D eigenvalue weighted by atomic mass is 35.5. The molecule has 5 heteroatoms. The van der Waals surface area contributed by atoms with Crippen LogP contribution in [0.25, 0.3) is 0 Å². The molecule has 4 nitrogen and oxygen atoms in total. The number of aryl methyl sites for hydroxylation is 1. The summed E-state index contributed by atoms with van der Waals surface area (Å²) < 4.78 is 6.94. The van der Waals surface area contributed by atoms with Crippen molar-refractivity contribution < 1.29 is 9.53 Å². The molecule has 1 aromatic heterocycles. The van der Waals surface area contributed by atoms with Crippen LogP contribution in [0.15, 0.2) is 30.7 Å². The first-order valence-corrected chi connectivity index (χ1v) is 5.81. The molecule has 0 N–H and O–H groups in total. The van der Waals surface area contributed by atoms with Gasteiger partial charge in [-0.05, 0) is 18.2 Å².